The second-order valence-electron chi connectivity index (χ2n) is 7.48. The van der Waals surface area contributed by atoms with E-state index in [0.717, 1.165) is 11.1 Å². The van der Waals surface area contributed by atoms with E-state index < -0.39 is 10.0 Å². The number of benzene rings is 2. The first-order valence-electron chi connectivity index (χ1n) is 10.1. The van der Waals surface area contributed by atoms with Crippen molar-refractivity contribution in [1.29, 1.82) is 0 Å². The summed E-state index contributed by atoms with van der Waals surface area (Å²) < 4.78 is 37.8. The predicted octanol–water partition coefficient (Wildman–Crippen LogP) is 2.79. The largest absolute Gasteiger partial charge is 0.497 e. The minimum Gasteiger partial charge on any atom is -0.497 e. The van der Waals surface area contributed by atoms with Crippen molar-refractivity contribution in [1.82, 2.24) is 14.5 Å². The van der Waals surface area contributed by atoms with E-state index in [9.17, 15) is 13.2 Å². The molecule has 0 radical (unpaired) electrons. The van der Waals surface area contributed by atoms with Gasteiger partial charge in [-0.15, -0.1) is 0 Å². The number of hydrogen-bond acceptors (Lipinski definition) is 5. The highest BCUT2D eigenvalue weighted by Crippen LogP contribution is 2.29. The third-order valence-corrected chi connectivity index (χ3v) is 7.34. The normalized spacial score (nSPS) is 15.9. The van der Waals surface area contributed by atoms with Gasteiger partial charge in [-0.3, -0.25) is 0 Å². The summed E-state index contributed by atoms with van der Waals surface area (Å²) in [7, 11) is -0.407. The molecule has 8 nitrogen and oxygen atoms in total. The number of carbonyl (C=O) groups excluding carboxylic acids is 1. The number of piperazine rings is 1. The van der Waals surface area contributed by atoms with Gasteiger partial charge in [-0.2, -0.15) is 4.31 Å². The van der Waals surface area contributed by atoms with Crippen molar-refractivity contribution >= 4 is 16.1 Å². The van der Waals surface area contributed by atoms with Crippen LogP contribution in [0.4, 0.5) is 4.79 Å². The minimum atomic E-state index is -3.57. The third-order valence-electron chi connectivity index (χ3n) is 5.43. The quantitative estimate of drug-likeness (QED) is 0.736. The summed E-state index contributed by atoms with van der Waals surface area (Å²) in [5.41, 5.74) is 1.80. The van der Waals surface area contributed by atoms with Gasteiger partial charge in [-0.05, 0) is 44.2 Å². The Bertz CT molecular complexity index is 1020. The van der Waals surface area contributed by atoms with Gasteiger partial charge in [0.25, 0.3) is 0 Å². The van der Waals surface area contributed by atoms with Crippen LogP contribution in [0.2, 0.25) is 0 Å². The lowest BCUT2D eigenvalue weighted by Crippen LogP contribution is -2.53. The van der Waals surface area contributed by atoms with Gasteiger partial charge in [0.05, 0.1) is 25.2 Å². The van der Waals surface area contributed by atoms with E-state index in [-0.39, 0.29) is 30.1 Å². The van der Waals surface area contributed by atoms with Crippen molar-refractivity contribution in [3.05, 3.63) is 53.6 Å². The minimum absolute atomic E-state index is 0.246. The Balaban J connectivity index is 1.62. The summed E-state index contributed by atoms with van der Waals surface area (Å²) in [5.74, 6) is 1.33. The molecule has 0 saturated carbocycles. The predicted molar refractivity (Wildman–Crippen MR) is 118 cm³/mol. The molecule has 2 aromatic rings. The lowest BCUT2D eigenvalue weighted by atomic mass is 10.1. The number of carbonyl (C=O) groups is 1. The number of aryl methyl sites for hydroxylation is 1. The van der Waals surface area contributed by atoms with Gasteiger partial charge in [-0.25, -0.2) is 13.2 Å². The number of nitrogens with one attached hydrogen (secondary N) is 1. The van der Waals surface area contributed by atoms with E-state index in [1.807, 2.05) is 19.9 Å². The first kappa shape index (κ1) is 22.9. The molecule has 168 valence electrons. The zero-order valence-corrected chi connectivity index (χ0v) is 19.1. The maximum atomic E-state index is 12.8. The molecule has 0 bridgehead atoms. The Labute approximate surface area is 183 Å². The summed E-state index contributed by atoms with van der Waals surface area (Å²) >= 11 is 0. The van der Waals surface area contributed by atoms with Crippen LogP contribution in [0.25, 0.3) is 0 Å². The Morgan fingerprint density at radius 3 is 2.23 bits per heavy atom. The van der Waals surface area contributed by atoms with Crippen LogP contribution in [0.3, 0.4) is 0 Å². The van der Waals surface area contributed by atoms with Gasteiger partial charge >= 0.3 is 6.03 Å². The Morgan fingerprint density at radius 2 is 1.65 bits per heavy atom. The maximum absolute atomic E-state index is 12.8. The average molecular weight is 448 g/mol. The van der Waals surface area contributed by atoms with Crippen LogP contribution in [0.5, 0.6) is 11.5 Å². The molecule has 9 heteroatoms. The molecular formula is C22H29N3O5S. The molecule has 2 amide bonds. The fourth-order valence-electron chi connectivity index (χ4n) is 3.52. The van der Waals surface area contributed by atoms with Crippen LogP contribution >= 0.6 is 0 Å². The maximum Gasteiger partial charge on any atom is 0.317 e. The van der Waals surface area contributed by atoms with Crippen molar-refractivity contribution in [2.45, 2.75) is 24.8 Å². The molecule has 1 aliphatic heterocycles. The molecule has 31 heavy (non-hydrogen) atoms. The summed E-state index contributed by atoms with van der Waals surface area (Å²) in [4.78, 5) is 14.7. The topological polar surface area (TPSA) is 88.2 Å². The van der Waals surface area contributed by atoms with Crippen LogP contribution < -0.4 is 14.8 Å². The number of amides is 2. The van der Waals surface area contributed by atoms with Crippen LogP contribution in [0, 0.1) is 6.92 Å². The molecule has 1 N–H and O–H groups in total. The van der Waals surface area contributed by atoms with Crippen molar-refractivity contribution < 1.29 is 22.7 Å². The highest BCUT2D eigenvalue weighted by Gasteiger charge is 2.30. The number of rotatable bonds is 6. The van der Waals surface area contributed by atoms with Crippen LogP contribution in [0.15, 0.2) is 47.4 Å². The third kappa shape index (κ3) is 5.11. The van der Waals surface area contributed by atoms with Crippen LogP contribution in [-0.2, 0) is 10.0 Å². The van der Waals surface area contributed by atoms with Gasteiger partial charge in [-0.1, -0.05) is 17.7 Å². The van der Waals surface area contributed by atoms with Crippen LogP contribution in [0.1, 0.15) is 24.1 Å². The molecule has 1 atom stereocenters. The van der Waals surface area contributed by atoms with Gasteiger partial charge in [0.15, 0.2) is 0 Å². The van der Waals surface area contributed by atoms with E-state index in [2.05, 4.69) is 5.32 Å². The van der Waals surface area contributed by atoms with E-state index >= 15 is 0 Å². The number of sulfonamides is 1. The Morgan fingerprint density at radius 1 is 1.00 bits per heavy atom. The van der Waals surface area contributed by atoms with Gasteiger partial charge < -0.3 is 19.7 Å². The molecule has 1 heterocycles. The van der Waals surface area contributed by atoms with E-state index in [1.54, 1.807) is 55.5 Å². The molecule has 1 fully saturated rings. The number of methoxy groups -OCH3 is 2. The number of urea groups is 1. The molecule has 3 rings (SSSR count). The van der Waals surface area contributed by atoms with Gasteiger partial charge in [0.2, 0.25) is 10.0 Å². The lowest BCUT2D eigenvalue weighted by Gasteiger charge is -2.34. The van der Waals surface area contributed by atoms with E-state index in [0.29, 0.717) is 24.6 Å². The summed E-state index contributed by atoms with van der Waals surface area (Å²) in [6.07, 6.45) is 0. The highest BCUT2D eigenvalue weighted by atomic mass is 32.2. The van der Waals surface area contributed by atoms with E-state index in [1.165, 1.54) is 4.31 Å². The average Bonchev–Trinajstić information content (AvgIpc) is 2.78. The highest BCUT2D eigenvalue weighted by molar-refractivity contribution is 7.89. The molecular weight excluding hydrogens is 418 g/mol. The first-order chi connectivity index (χ1) is 14.8. The van der Waals surface area contributed by atoms with Gasteiger partial charge in [0, 0.05) is 31.7 Å². The smallest absolute Gasteiger partial charge is 0.317 e. The molecule has 1 saturated heterocycles. The monoisotopic (exact) mass is 447 g/mol. The fraction of sp³-hybridized carbons (Fsp3) is 0.409. The summed E-state index contributed by atoms with van der Waals surface area (Å²) in [6, 6.07) is 11.7. The summed E-state index contributed by atoms with van der Waals surface area (Å²) in [5, 5.41) is 2.97. The zero-order valence-electron chi connectivity index (χ0n) is 18.3. The fourth-order valence-corrected chi connectivity index (χ4v) is 4.95. The standard InChI is InChI=1S/C22H29N3O5S/c1-16-5-8-19(9-6-16)31(27,28)25-13-11-24(12-14-25)22(26)23-17(2)20-15-18(29-3)7-10-21(20)30-4/h5-10,15,17H,11-14H2,1-4H3,(H,23,26). The first-order valence-corrected chi connectivity index (χ1v) is 11.5. The second kappa shape index (κ2) is 9.57. The zero-order chi connectivity index (χ0) is 22.6. The van der Waals surface area contributed by atoms with Crippen LogP contribution in [-0.4, -0.2) is 64.1 Å². The number of hydrogen-bond donors (Lipinski definition) is 1. The van der Waals surface area contributed by atoms with Gasteiger partial charge in [0.1, 0.15) is 11.5 Å². The van der Waals surface area contributed by atoms with Crippen molar-refractivity contribution in [3.8, 4) is 11.5 Å². The lowest BCUT2D eigenvalue weighted by molar-refractivity contribution is 0.169. The molecule has 1 unspecified atom stereocenters. The van der Waals surface area contributed by atoms with Crippen molar-refractivity contribution in [2.24, 2.45) is 0 Å². The summed E-state index contributed by atoms with van der Waals surface area (Å²) in [6.45, 7) is 4.92. The van der Waals surface area contributed by atoms with Crippen molar-refractivity contribution in [3.63, 3.8) is 0 Å². The molecule has 0 aromatic heterocycles. The van der Waals surface area contributed by atoms with Crippen molar-refractivity contribution in [2.75, 3.05) is 40.4 Å². The van der Waals surface area contributed by atoms with E-state index in [4.69, 9.17) is 9.47 Å². The number of ether oxygens (including phenoxy) is 2. The Kier molecular flexibility index (Phi) is 7.07. The Hall–Kier alpha value is -2.78. The molecule has 2 aromatic carbocycles. The molecule has 0 spiro atoms. The molecule has 1 aliphatic rings. The number of nitrogens with zero attached hydrogens (tertiary/aromatic N) is 2. The molecule has 0 aliphatic carbocycles. The SMILES string of the molecule is COc1ccc(OC)c(C(C)NC(=O)N2CCN(S(=O)(=O)c3ccc(C)cc3)CC2)c1. The second-order valence-corrected chi connectivity index (χ2v) is 9.42.